The van der Waals surface area contributed by atoms with E-state index in [9.17, 15) is 0 Å². The lowest BCUT2D eigenvalue weighted by molar-refractivity contribution is 0.133. The topological polar surface area (TPSA) is 24.5 Å². The molecule has 1 heterocycles. The van der Waals surface area contributed by atoms with Crippen LogP contribution < -0.4 is 5.32 Å². The molecule has 2 unspecified atom stereocenters. The molecule has 2 atom stereocenters. The summed E-state index contributed by atoms with van der Waals surface area (Å²) in [6.07, 6.45) is 3.75. The zero-order valence-corrected chi connectivity index (χ0v) is 10.5. The van der Waals surface area contributed by atoms with Crippen LogP contribution in [-0.2, 0) is 4.74 Å². The quantitative estimate of drug-likeness (QED) is 0.650. The van der Waals surface area contributed by atoms with Gasteiger partial charge in [0.1, 0.15) is 0 Å². The molecule has 90 valence electrons. The fraction of sp³-hybridized carbons (Fsp3) is 1.00. The van der Waals surface area contributed by atoms with Gasteiger partial charge in [0.15, 0.2) is 0 Å². The summed E-state index contributed by atoms with van der Waals surface area (Å²) >= 11 is 0. The van der Waals surface area contributed by atoms with Gasteiger partial charge in [0.2, 0.25) is 0 Å². The lowest BCUT2D eigenvalue weighted by Gasteiger charge is -2.29. The third kappa shape index (κ3) is 4.49. The van der Waals surface area contributed by atoms with E-state index in [1.165, 1.54) is 19.3 Å². The van der Waals surface area contributed by atoms with Crippen molar-refractivity contribution in [1.29, 1.82) is 0 Å². The Hall–Kier alpha value is -0.120. The Bertz CT molecular complexity index is 158. The van der Waals surface area contributed by atoms with Gasteiger partial charge in [0.05, 0.1) is 6.61 Å². The van der Waals surface area contributed by atoms with Crippen LogP contribution in [0.2, 0.25) is 0 Å². The molecule has 1 saturated heterocycles. The number of hydrogen-bond donors (Lipinski definition) is 1. The average molecular weight is 214 g/mol. The molecule has 0 aromatic heterocycles. The first-order valence-corrected chi connectivity index (χ1v) is 6.26. The van der Waals surface area contributed by atoms with Gasteiger partial charge in [-0.25, -0.2) is 0 Å². The van der Waals surface area contributed by atoms with E-state index in [0.717, 1.165) is 26.3 Å². The Morgan fingerprint density at radius 1 is 1.53 bits per heavy atom. The Labute approximate surface area is 94.2 Å². The molecule has 0 amide bonds. The van der Waals surface area contributed by atoms with E-state index in [0.29, 0.717) is 12.1 Å². The summed E-state index contributed by atoms with van der Waals surface area (Å²) in [5.41, 5.74) is 0. The second-order valence-electron chi connectivity index (χ2n) is 4.53. The lowest BCUT2D eigenvalue weighted by atomic mass is 10.1. The van der Waals surface area contributed by atoms with Gasteiger partial charge < -0.3 is 10.1 Å². The lowest BCUT2D eigenvalue weighted by Crippen LogP contribution is -2.39. The van der Waals surface area contributed by atoms with E-state index in [2.05, 4.69) is 31.1 Å². The maximum Gasteiger partial charge on any atom is 0.0622 e. The highest BCUT2D eigenvalue weighted by molar-refractivity contribution is 4.77. The summed E-state index contributed by atoms with van der Waals surface area (Å²) in [7, 11) is 2.23. The van der Waals surface area contributed by atoms with Crippen LogP contribution in [0.15, 0.2) is 0 Å². The first-order valence-electron chi connectivity index (χ1n) is 6.26. The summed E-state index contributed by atoms with van der Waals surface area (Å²) < 4.78 is 5.42. The largest absolute Gasteiger partial charge is 0.380 e. The van der Waals surface area contributed by atoms with Crippen LogP contribution in [0.5, 0.6) is 0 Å². The van der Waals surface area contributed by atoms with Gasteiger partial charge in [-0.3, -0.25) is 4.90 Å². The molecule has 1 rings (SSSR count). The van der Waals surface area contributed by atoms with E-state index >= 15 is 0 Å². The van der Waals surface area contributed by atoms with Crippen molar-refractivity contribution in [3.05, 3.63) is 0 Å². The molecule has 0 spiro atoms. The smallest absolute Gasteiger partial charge is 0.0622 e. The predicted octanol–water partition coefficient (Wildman–Crippen LogP) is 1.49. The van der Waals surface area contributed by atoms with Crippen LogP contribution in [0.25, 0.3) is 0 Å². The van der Waals surface area contributed by atoms with Gasteiger partial charge in [-0.2, -0.15) is 0 Å². The molecule has 0 bridgehead atoms. The highest BCUT2D eigenvalue weighted by atomic mass is 16.5. The molecule has 0 aliphatic carbocycles. The number of hydrogen-bond acceptors (Lipinski definition) is 3. The second kappa shape index (κ2) is 7.20. The molecule has 15 heavy (non-hydrogen) atoms. The number of likely N-dealkylation sites (N-methyl/N-ethyl adjacent to an activating group) is 1. The van der Waals surface area contributed by atoms with Gasteiger partial charge in [0.25, 0.3) is 0 Å². The fourth-order valence-electron chi connectivity index (χ4n) is 2.11. The molecule has 1 aliphatic heterocycles. The van der Waals surface area contributed by atoms with Crippen molar-refractivity contribution in [3.63, 3.8) is 0 Å². The monoisotopic (exact) mass is 214 g/mol. The molecule has 1 fully saturated rings. The maximum atomic E-state index is 5.42. The zero-order valence-electron chi connectivity index (χ0n) is 10.5. The van der Waals surface area contributed by atoms with Crippen LogP contribution >= 0.6 is 0 Å². The number of nitrogens with zero attached hydrogens (tertiary/aromatic N) is 1. The number of ether oxygens (including phenoxy) is 1. The number of rotatable bonds is 7. The molecule has 3 heteroatoms. The first-order chi connectivity index (χ1) is 7.25. The van der Waals surface area contributed by atoms with E-state index in [4.69, 9.17) is 4.74 Å². The Kier molecular flexibility index (Phi) is 6.22. The van der Waals surface area contributed by atoms with Gasteiger partial charge in [0, 0.05) is 18.7 Å². The number of nitrogens with one attached hydrogen (secondary N) is 1. The third-order valence-electron chi connectivity index (χ3n) is 3.40. The summed E-state index contributed by atoms with van der Waals surface area (Å²) in [6.45, 7) is 8.58. The SMILES string of the molecule is CCNCCCC(C)N(C)C1CCOC1. The molecule has 3 nitrogen and oxygen atoms in total. The van der Waals surface area contributed by atoms with Crippen molar-refractivity contribution in [3.8, 4) is 0 Å². The minimum Gasteiger partial charge on any atom is -0.380 e. The maximum absolute atomic E-state index is 5.42. The van der Waals surface area contributed by atoms with Gasteiger partial charge in [-0.1, -0.05) is 6.92 Å². The minimum absolute atomic E-state index is 0.652. The molecule has 0 radical (unpaired) electrons. The standard InChI is InChI=1S/C12H26N2O/c1-4-13-8-5-6-11(2)14(3)12-7-9-15-10-12/h11-13H,4-10H2,1-3H3. The molecule has 0 aromatic rings. The molecular weight excluding hydrogens is 188 g/mol. The summed E-state index contributed by atoms with van der Waals surface area (Å²) in [5.74, 6) is 0. The molecule has 1 aliphatic rings. The zero-order chi connectivity index (χ0) is 11.1. The normalized spacial score (nSPS) is 23.6. The highest BCUT2D eigenvalue weighted by Crippen LogP contribution is 2.15. The van der Waals surface area contributed by atoms with Gasteiger partial charge in [-0.15, -0.1) is 0 Å². The van der Waals surface area contributed by atoms with Gasteiger partial charge >= 0.3 is 0 Å². The molecule has 0 aromatic carbocycles. The van der Waals surface area contributed by atoms with Crippen molar-refractivity contribution >= 4 is 0 Å². The molecule has 0 saturated carbocycles. The Balaban J connectivity index is 2.11. The summed E-state index contributed by atoms with van der Waals surface area (Å²) in [6, 6.07) is 1.33. The summed E-state index contributed by atoms with van der Waals surface area (Å²) in [4.78, 5) is 2.49. The first kappa shape index (κ1) is 12.9. The van der Waals surface area contributed by atoms with E-state index in [1.54, 1.807) is 0 Å². The van der Waals surface area contributed by atoms with Crippen LogP contribution in [0.1, 0.15) is 33.1 Å². The minimum atomic E-state index is 0.652. The fourth-order valence-corrected chi connectivity index (χ4v) is 2.11. The van der Waals surface area contributed by atoms with Crippen molar-refractivity contribution in [2.75, 3.05) is 33.4 Å². The van der Waals surface area contributed by atoms with Crippen LogP contribution in [-0.4, -0.2) is 50.3 Å². The Morgan fingerprint density at radius 3 is 2.93 bits per heavy atom. The van der Waals surface area contributed by atoms with E-state index in [1.807, 2.05) is 0 Å². The Morgan fingerprint density at radius 2 is 2.33 bits per heavy atom. The van der Waals surface area contributed by atoms with E-state index in [-0.39, 0.29) is 0 Å². The molecule has 1 N–H and O–H groups in total. The van der Waals surface area contributed by atoms with Crippen LogP contribution in [0, 0.1) is 0 Å². The van der Waals surface area contributed by atoms with E-state index < -0.39 is 0 Å². The van der Waals surface area contributed by atoms with Crippen molar-refractivity contribution < 1.29 is 4.74 Å². The highest BCUT2D eigenvalue weighted by Gasteiger charge is 2.23. The summed E-state index contributed by atoms with van der Waals surface area (Å²) in [5, 5.41) is 3.37. The predicted molar refractivity (Wildman–Crippen MR) is 64.2 cm³/mol. The van der Waals surface area contributed by atoms with Crippen molar-refractivity contribution in [2.24, 2.45) is 0 Å². The van der Waals surface area contributed by atoms with Crippen LogP contribution in [0.4, 0.5) is 0 Å². The average Bonchev–Trinajstić information content (AvgIpc) is 2.76. The second-order valence-corrected chi connectivity index (χ2v) is 4.53. The van der Waals surface area contributed by atoms with Crippen LogP contribution in [0.3, 0.4) is 0 Å². The third-order valence-corrected chi connectivity index (χ3v) is 3.40. The van der Waals surface area contributed by atoms with Crippen molar-refractivity contribution in [1.82, 2.24) is 10.2 Å². The molecular formula is C12H26N2O. The van der Waals surface area contributed by atoms with Gasteiger partial charge in [-0.05, 0) is 46.3 Å². The van der Waals surface area contributed by atoms with Crippen molar-refractivity contribution in [2.45, 2.75) is 45.2 Å².